The second-order valence-electron chi connectivity index (χ2n) is 8.16. The van der Waals surface area contributed by atoms with Crippen LogP contribution < -0.4 is 0 Å². The minimum Gasteiger partial charge on any atom is -0.382 e. The van der Waals surface area contributed by atoms with Crippen LogP contribution in [0.3, 0.4) is 0 Å². The van der Waals surface area contributed by atoms with Crippen LogP contribution in [0.5, 0.6) is 0 Å². The number of morpholine rings is 1. The summed E-state index contributed by atoms with van der Waals surface area (Å²) in [4.78, 5) is 16.2. The highest BCUT2D eigenvalue weighted by molar-refractivity contribution is 5.76. The fourth-order valence-electron chi connectivity index (χ4n) is 3.32. The number of rotatable bonds is 6. The van der Waals surface area contributed by atoms with Gasteiger partial charge in [0.15, 0.2) is 0 Å². The minimum atomic E-state index is -0.597. The Hall–Kier alpha value is -1.44. The highest BCUT2D eigenvalue weighted by Gasteiger charge is 2.39. The molecular formula is C18H32N4O3. The zero-order chi connectivity index (χ0) is 18.7. The van der Waals surface area contributed by atoms with Crippen LogP contribution >= 0.6 is 0 Å². The highest BCUT2D eigenvalue weighted by Crippen LogP contribution is 2.28. The van der Waals surface area contributed by atoms with Crippen LogP contribution in [-0.4, -0.2) is 79.0 Å². The third-order valence-electron chi connectivity index (χ3n) is 4.57. The number of aromatic nitrogens is 2. The Morgan fingerprint density at radius 3 is 2.80 bits per heavy atom. The maximum absolute atomic E-state index is 12.3. The summed E-state index contributed by atoms with van der Waals surface area (Å²) in [7, 11) is 5.19. The van der Waals surface area contributed by atoms with Gasteiger partial charge in [-0.2, -0.15) is 5.10 Å². The summed E-state index contributed by atoms with van der Waals surface area (Å²) in [6.45, 7) is 9.80. The molecular weight excluding hydrogens is 320 g/mol. The Morgan fingerprint density at radius 1 is 1.48 bits per heavy atom. The van der Waals surface area contributed by atoms with E-state index in [9.17, 15) is 4.79 Å². The summed E-state index contributed by atoms with van der Waals surface area (Å²) in [5, 5.41) is 7.36. The van der Waals surface area contributed by atoms with E-state index in [4.69, 9.17) is 9.47 Å². The molecule has 1 fully saturated rings. The maximum Gasteiger partial charge on any atom is 0.225 e. The van der Waals surface area contributed by atoms with Gasteiger partial charge >= 0.3 is 0 Å². The van der Waals surface area contributed by atoms with E-state index >= 15 is 0 Å². The number of hydrogen-bond donors (Lipinski definition) is 1. The van der Waals surface area contributed by atoms with E-state index in [1.165, 1.54) is 5.56 Å². The molecule has 0 bridgehead atoms. The third kappa shape index (κ3) is 5.03. The molecule has 1 amide bonds. The molecule has 1 aromatic heterocycles. The van der Waals surface area contributed by atoms with E-state index < -0.39 is 5.60 Å². The molecule has 0 saturated carbocycles. The van der Waals surface area contributed by atoms with Crippen LogP contribution in [0.2, 0.25) is 0 Å². The number of nitrogens with zero attached hydrogens (tertiary/aromatic N) is 3. The molecule has 1 aliphatic rings. The van der Waals surface area contributed by atoms with Gasteiger partial charge in [0, 0.05) is 57.5 Å². The van der Waals surface area contributed by atoms with Crippen molar-refractivity contribution in [3.8, 4) is 0 Å². The fourth-order valence-corrected chi connectivity index (χ4v) is 3.32. The summed E-state index contributed by atoms with van der Waals surface area (Å²) < 4.78 is 11.4. The number of amides is 1. The first-order valence-corrected chi connectivity index (χ1v) is 8.75. The van der Waals surface area contributed by atoms with Gasteiger partial charge in [-0.15, -0.1) is 0 Å². The van der Waals surface area contributed by atoms with Crippen LogP contribution in [-0.2, 0) is 26.2 Å². The van der Waals surface area contributed by atoms with E-state index in [0.717, 1.165) is 18.8 Å². The third-order valence-corrected chi connectivity index (χ3v) is 4.57. The van der Waals surface area contributed by atoms with Gasteiger partial charge < -0.3 is 14.4 Å². The summed E-state index contributed by atoms with van der Waals surface area (Å²) in [5.41, 5.74) is 1.77. The standard InChI is InChI=1S/C18H32N4O3/c1-17(2,3)16-14(10-19-20-16)11-22-7-8-25-18(12-22,13-24-6)9-15(23)21(4)5/h10H,7-9,11-13H2,1-6H3,(H,19,20)/t18-/m0/s1. The molecule has 0 radical (unpaired) electrons. The lowest BCUT2D eigenvalue weighted by atomic mass is 9.89. The molecule has 1 N–H and O–H groups in total. The van der Waals surface area contributed by atoms with Crippen molar-refractivity contribution >= 4 is 5.91 Å². The van der Waals surface area contributed by atoms with Crippen LogP contribution in [0.1, 0.15) is 38.4 Å². The summed E-state index contributed by atoms with van der Waals surface area (Å²) in [6, 6.07) is 0. The Kier molecular flexibility index (Phi) is 6.24. The summed E-state index contributed by atoms with van der Waals surface area (Å²) in [5.74, 6) is 0.0533. The van der Waals surface area contributed by atoms with Gasteiger partial charge in [-0.05, 0) is 0 Å². The molecule has 2 rings (SSSR count). The molecule has 142 valence electrons. The SMILES string of the molecule is COC[C@]1(CC(=O)N(C)C)CN(Cc2cn[nH]c2C(C)(C)C)CCO1. The van der Waals surface area contributed by atoms with Gasteiger partial charge in [0.25, 0.3) is 0 Å². The van der Waals surface area contributed by atoms with E-state index in [-0.39, 0.29) is 11.3 Å². The van der Waals surface area contributed by atoms with Gasteiger partial charge in [-0.1, -0.05) is 20.8 Å². The Balaban J connectivity index is 2.13. The fraction of sp³-hybridized carbons (Fsp3) is 0.778. The Labute approximate surface area is 150 Å². The van der Waals surface area contributed by atoms with Crippen molar-refractivity contribution in [1.82, 2.24) is 20.0 Å². The van der Waals surface area contributed by atoms with Crippen molar-refractivity contribution in [2.75, 3.05) is 47.5 Å². The average Bonchev–Trinajstić information content (AvgIpc) is 2.95. The van der Waals surface area contributed by atoms with Gasteiger partial charge in [-0.25, -0.2) is 0 Å². The Morgan fingerprint density at radius 2 is 2.20 bits per heavy atom. The molecule has 7 nitrogen and oxygen atoms in total. The number of H-pyrrole nitrogens is 1. The lowest BCUT2D eigenvalue weighted by Gasteiger charge is -2.42. The first kappa shape index (κ1) is 19.9. The molecule has 1 aromatic rings. The van der Waals surface area contributed by atoms with E-state index in [1.54, 1.807) is 26.1 Å². The second kappa shape index (κ2) is 7.85. The normalized spacial score (nSPS) is 22.2. The van der Waals surface area contributed by atoms with Crippen LogP contribution in [0.15, 0.2) is 6.20 Å². The number of hydrogen-bond acceptors (Lipinski definition) is 5. The zero-order valence-corrected chi connectivity index (χ0v) is 16.4. The van der Waals surface area contributed by atoms with E-state index in [2.05, 4.69) is 35.9 Å². The first-order valence-electron chi connectivity index (χ1n) is 8.75. The monoisotopic (exact) mass is 352 g/mol. The zero-order valence-electron chi connectivity index (χ0n) is 16.4. The lowest BCUT2D eigenvalue weighted by Crippen LogP contribution is -2.55. The smallest absolute Gasteiger partial charge is 0.225 e. The van der Waals surface area contributed by atoms with Crippen LogP contribution in [0, 0.1) is 0 Å². The summed E-state index contributed by atoms with van der Waals surface area (Å²) in [6.07, 6.45) is 2.22. The molecule has 0 spiro atoms. The predicted octanol–water partition coefficient (Wildman–Crippen LogP) is 1.40. The topological polar surface area (TPSA) is 70.7 Å². The predicted molar refractivity (Wildman–Crippen MR) is 96.4 cm³/mol. The molecule has 1 aliphatic heterocycles. The quantitative estimate of drug-likeness (QED) is 0.838. The van der Waals surface area contributed by atoms with Crippen molar-refractivity contribution in [1.29, 1.82) is 0 Å². The van der Waals surface area contributed by atoms with Crippen molar-refractivity contribution in [2.45, 2.75) is 44.8 Å². The van der Waals surface area contributed by atoms with E-state index in [0.29, 0.717) is 26.2 Å². The number of carbonyl (C=O) groups excluding carboxylic acids is 1. The van der Waals surface area contributed by atoms with Crippen LogP contribution in [0.4, 0.5) is 0 Å². The average molecular weight is 352 g/mol. The van der Waals surface area contributed by atoms with Crippen molar-refractivity contribution < 1.29 is 14.3 Å². The summed E-state index contributed by atoms with van der Waals surface area (Å²) >= 11 is 0. The first-order chi connectivity index (χ1) is 11.7. The van der Waals surface area contributed by atoms with Crippen molar-refractivity contribution in [2.24, 2.45) is 0 Å². The maximum atomic E-state index is 12.3. The molecule has 0 aliphatic carbocycles. The minimum absolute atomic E-state index is 0.0165. The Bertz CT molecular complexity index is 575. The van der Waals surface area contributed by atoms with Gasteiger partial charge in [0.05, 0.1) is 25.8 Å². The van der Waals surface area contributed by atoms with Crippen molar-refractivity contribution in [3.05, 3.63) is 17.5 Å². The van der Waals surface area contributed by atoms with Gasteiger partial charge in [0.1, 0.15) is 5.60 Å². The largest absolute Gasteiger partial charge is 0.382 e. The molecule has 0 unspecified atom stereocenters. The molecule has 7 heteroatoms. The number of methoxy groups -OCH3 is 1. The molecule has 25 heavy (non-hydrogen) atoms. The number of carbonyl (C=O) groups is 1. The van der Waals surface area contributed by atoms with E-state index in [1.807, 2.05) is 6.20 Å². The highest BCUT2D eigenvalue weighted by atomic mass is 16.5. The van der Waals surface area contributed by atoms with Crippen LogP contribution in [0.25, 0.3) is 0 Å². The molecule has 0 aromatic carbocycles. The van der Waals surface area contributed by atoms with Crippen molar-refractivity contribution in [3.63, 3.8) is 0 Å². The number of ether oxygens (including phenoxy) is 2. The number of aromatic amines is 1. The molecule has 1 saturated heterocycles. The van der Waals surface area contributed by atoms with Gasteiger partial charge in [-0.3, -0.25) is 14.8 Å². The van der Waals surface area contributed by atoms with Gasteiger partial charge in [0.2, 0.25) is 5.91 Å². The lowest BCUT2D eigenvalue weighted by molar-refractivity contribution is -0.160. The molecule has 1 atom stereocenters. The molecule has 2 heterocycles. The number of nitrogens with one attached hydrogen (secondary N) is 1. The second-order valence-corrected chi connectivity index (χ2v) is 8.16.